The van der Waals surface area contributed by atoms with Crippen molar-refractivity contribution in [2.45, 2.75) is 18.2 Å². The predicted molar refractivity (Wildman–Crippen MR) is 112 cm³/mol. The molecule has 1 aromatic heterocycles. The zero-order chi connectivity index (χ0) is 21.0. The van der Waals surface area contributed by atoms with Gasteiger partial charge in [0.15, 0.2) is 6.61 Å². The van der Waals surface area contributed by atoms with Gasteiger partial charge in [0.1, 0.15) is 5.75 Å². The zero-order valence-electron chi connectivity index (χ0n) is 16.1. The van der Waals surface area contributed by atoms with E-state index in [0.717, 1.165) is 26.8 Å². The Morgan fingerprint density at radius 1 is 1.10 bits per heavy atom. The molecule has 1 amide bonds. The number of nitrogens with one attached hydrogen (secondary N) is 1. The summed E-state index contributed by atoms with van der Waals surface area (Å²) in [4.78, 5) is 12.1. The van der Waals surface area contributed by atoms with Gasteiger partial charge in [-0.3, -0.25) is 14.4 Å². The molecule has 29 heavy (non-hydrogen) atoms. The van der Waals surface area contributed by atoms with Crippen LogP contribution in [0.3, 0.4) is 0 Å². The molecule has 0 bridgehead atoms. The summed E-state index contributed by atoms with van der Waals surface area (Å²) < 4.78 is 31.8. The van der Waals surface area contributed by atoms with E-state index >= 15 is 0 Å². The lowest BCUT2D eigenvalue weighted by molar-refractivity contribution is -0.118. The minimum Gasteiger partial charge on any atom is -0.484 e. The van der Waals surface area contributed by atoms with Gasteiger partial charge in [-0.25, -0.2) is 0 Å². The number of aromatic nitrogens is 2. The number of rotatable bonds is 7. The number of benzene rings is 2. The van der Waals surface area contributed by atoms with E-state index in [1.807, 2.05) is 26.0 Å². The van der Waals surface area contributed by atoms with Crippen molar-refractivity contribution in [3.8, 4) is 5.75 Å². The molecule has 0 radical (unpaired) electrons. The summed E-state index contributed by atoms with van der Waals surface area (Å²) in [5, 5.41) is 10.1. The third kappa shape index (κ3) is 4.90. The number of sulfonamides is 1. The maximum absolute atomic E-state index is 12.7. The second-order valence-corrected chi connectivity index (χ2v) is 9.38. The van der Waals surface area contributed by atoms with E-state index in [0.29, 0.717) is 11.4 Å². The van der Waals surface area contributed by atoms with Crippen molar-refractivity contribution in [3.63, 3.8) is 0 Å². The van der Waals surface area contributed by atoms with Gasteiger partial charge in [0.25, 0.3) is 20.3 Å². The smallest absolute Gasteiger partial charge is 0.293 e. The average Bonchev–Trinajstić information content (AvgIpc) is 3.18. The van der Waals surface area contributed by atoms with Crippen LogP contribution in [0.2, 0.25) is 0 Å². The summed E-state index contributed by atoms with van der Waals surface area (Å²) in [5.74, 6) is 0.119. The minimum atomic E-state index is -3.88. The molecule has 0 aliphatic rings. The van der Waals surface area contributed by atoms with Crippen molar-refractivity contribution >= 4 is 38.1 Å². The topological polar surface area (TPSA) is 101 Å². The molecular formula is C19H20N4O4S2. The summed E-state index contributed by atoms with van der Waals surface area (Å²) in [7, 11) is -2.44. The summed E-state index contributed by atoms with van der Waals surface area (Å²) in [6.07, 6.45) is 0. The maximum atomic E-state index is 12.7. The molecule has 0 aliphatic carbocycles. The third-order valence-electron chi connectivity index (χ3n) is 4.20. The molecular weight excluding hydrogens is 412 g/mol. The normalized spacial score (nSPS) is 11.1. The number of hydrogen-bond donors (Lipinski definition) is 1. The van der Waals surface area contributed by atoms with Gasteiger partial charge in [0.05, 0.1) is 5.69 Å². The maximum Gasteiger partial charge on any atom is 0.293 e. The van der Waals surface area contributed by atoms with Crippen LogP contribution in [-0.4, -0.2) is 38.2 Å². The Hall–Kier alpha value is -2.98. The lowest BCUT2D eigenvalue weighted by Crippen LogP contribution is -2.26. The Balaban J connectivity index is 1.63. The highest BCUT2D eigenvalue weighted by molar-refractivity contribution is 7.94. The molecule has 1 N–H and O–H groups in total. The average molecular weight is 433 g/mol. The minimum absolute atomic E-state index is 0.0822. The number of carbonyl (C=O) groups excluding carboxylic acids is 1. The molecule has 0 saturated carbocycles. The van der Waals surface area contributed by atoms with Crippen molar-refractivity contribution in [1.29, 1.82) is 0 Å². The third-order valence-corrected chi connectivity index (χ3v) is 7.17. The highest BCUT2D eigenvalue weighted by atomic mass is 32.2. The van der Waals surface area contributed by atoms with Gasteiger partial charge in [-0.2, -0.15) is 8.42 Å². The van der Waals surface area contributed by atoms with Crippen LogP contribution in [0.5, 0.6) is 5.75 Å². The van der Waals surface area contributed by atoms with Crippen molar-refractivity contribution in [1.82, 2.24) is 10.2 Å². The standard InChI is InChI=1S/C19H20N4O4S2/c1-13-9-10-16(11-14(13)2)27-12-17(24)20-18-21-22-19(28-18)29(25,26)23(3)15-7-5-4-6-8-15/h4-11H,12H2,1-3H3,(H,20,21,24). The van der Waals surface area contributed by atoms with E-state index in [1.165, 1.54) is 7.05 Å². The van der Waals surface area contributed by atoms with Gasteiger partial charge in [0.2, 0.25) is 5.13 Å². The fourth-order valence-corrected chi connectivity index (χ4v) is 4.63. The molecule has 2 aromatic carbocycles. The number of aryl methyl sites for hydroxylation is 2. The van der Waals surface area contributed by atoms with Crippen LogP contribution in [0.25, 0.3) is 0 Å². The molecule has 0 fully saturated rings. The summed E-state index contributed by atoms with van der Waals surface area (Å²) in [5.41, 5.74) is 2.68. The second-order valence-electron chi connectivity index (χ2n) is 6.26. The van der Waals surface area contributed by atoms with Crippen LogP contribution in [0, 0.1) is 13.8 Å². The summed E-state index contributed by atoms with van der Waals surface area (Å²) in [6.45, 7) is 3.72. The zero-order valence-corrected chi connectivity index (χ0v) is 17.8. The van der Waals surface area contributed by atoms with Gasteiger partial charge < -0.3 is 4.74 Å². The number of amides is 1. The molecule has 10 heteroatoms. The van der Waals surface area contributed by atoms with Crippen LogP contribution < -0.4 is 14.4 Å². The van der Waals surface area contributed by atoms with Gasteiger partial charge in [-0.15, -0.1) is 10.2 Å². The van der Waals surface area contributed by atoms with Crippen molar-refractivity contribution < 1.29 is 17.9 Å². The lowest BCUT2D eigenvalue weighted by Gasteiger charge is -2.16. The van der Waals surface area contributed by atoms with E-state index in [4.69, 9.17) is 4.74 Å². The number of para-hydroxylation sites is 1. The van der Waals surface area contributed by atoms with E-state index in [9.17, 15) is 13.2 Å². The quantitative estimate of drug-likeness (QED) is 0.576. The first-order valence-corrected chi connectivity index (χ1v) is 10.9. The first-order valence-electron chi connectivity index (χ1n) is 8.65. The summed E-state index contributed by atoms with van der Waals surface area (Å²) >= 11 is 0.778. The lowest BCUT2D eigenvalue weighted by atomic mass is 10.1. The fraction of sp³-hybridized carbons (Fsp3) is 0.211. The number of hydrogen-bond acceptors (Lipinski definition) is 7. The van der Waals surface area contributed by atoms with Crippen LogP contribution >= 0.6 is 11.3 Å². The number of carbonyl (C=O) groups is 1. The molecule has 8 nitrogen and oxygen atoms in total. The van der Waals surface area contributed by atoms with E-state index in [2.05, 4.69) is 15.5 Å². The molecule has 0 unspecified atom stereocenters. The highest BCUT2D eigenvalue weighted by Gasteiger charge is 2.26. The van der Waals surface area contributed by atoms with Crippen LogP contribution in [0.15, 0.2) is 52.9 Å². The Kier molecular flexibility index (Phi) is 6.14. The Morgan fingerprint density at radius 2 is 1.83 bits per heavy atom. The molecule has 0 atom stereocenters. The molecule has 0 saturated heterocycles. The van der Waals surface area contributed by atoms with Crippen LogP contribution in [0.1, 0.15) is 11.1 Å². The second kappa shape index (κ2) is 8.58. The van der Waals surface area contributed by atoms with Crippen molar-refractivity contribution in [3.05, 3.63) is 59.7 Å². The fourth-order valence-electron chi connectivity index (χ4n) is 2.37. The van der Waals surface area contributed by atoms with Crippen LogP contribution in [0.4, 0.5) is 10.8 Å². The van der Waals surface area contributed by atoms with E-state index in [1.54, 1.807) is 36.4 Å². The Bertz CT molecular complexity index is 1110. The monoisotopic (exact) mass is 432 g/mol. The molecule has 3 aromatic rings. The van der Waals surface area contributed by atoms with Crippen LogP contribution in [-0.2, 0) is 14.8 Å². The van der Waals surface area contributed by atoms with Gasteiger partial charge in [-0.05, 0) is 49.2 Å². The Morgan fingerprint density at radius 3 is 2.52 bits per heavy atom. The van der Waals surface area contributed by atoms with Crippen molar-refractivity contribution in [2.75, 3.05) is 23.3 Å². The van der Waals surface area contributed by atoms with E-state index < -0.39 is 15.9 Å². The Labute approximate surface area is 173 Å². The number of ether oxygens (including phenoxy) is 1. The predicted octanol–water partition coefficient (Wildman–Crippen LogP) is 3.00. The van der Waals surface area contributed by atoms with Gasteiger partial charge in [-0.1, -0.05) is 35.6 Å². The largest absolute Gasteiger partial charge is 0.484 e. The van der Waals surface area contributed by atoms with E-state index in [-0.39, 0.29) is 16.1 Å². The van der Waals surface area contributed by atoms with Gasteiger partial charge in [0, 0.05) is 7.05 Å². The SMILES string of the molecule is Cc1ccc(OCC(=O)Nc2nnc(S(=O)(=O)N(C)c3ccccc3)s2)cc1C. The first-order chi connectivity index (χ1) is 13.8. The summed E-state index contributed by atoms with van der Waals surface area (Å²) in [6, 6.07) is 14.2. The molecule has 3 rings (SSSR count). The molecule has 0 aliphatic heterocycles. The first kappa shape index (κ1) is 20.7. The molecule has 152 valence electrons. The number of nitrogens with zero attached hydrogens (tertiary/aromatic N) is 3. The number of anilines is 2. The van der Waals surface area contributed by atoms with Crippen molar-refractivity contribution in [2.24, 2.45) is 0 Å². The highest BCUT2D eigenvalue weighted by Crippen LogP contribution is 2.26. The van der Waals surface area contributed by atoms with Gasteiger partial charge >= 0.3 is 0 Å². The molecule has 0 spiro atoms. The molecule has 1 heterocycles.